The predicted molar refractivity (Wildman–Crippen MR) is 173 cm³/mol. The number of amides is 2. The molecule has 2 N–H and O–H groups in total. The van der Waals surface area contributed by atoms with E-state index in [1.54, 1.807) is 66.8 Å². The summed E-state index contributed by atoms with van der Waals surface area (Å²) in [5.41, 5.74) is 6.44. The van der Waals surface area contributed by atoms with Crippen molar-refractivity contribution in [2.45, 2.75) is 6.92 Å². The quantitative estimate of drug-likeness (QED) is 0.141. The minimum absolute atomic E-state index is 0.0858. The number of anilines is 1. The minimum Gasteiger partial charge on any atom is -0.321 e. The summed E-state index contributed by atoms with van der Waals surface area (Å²) in [7, 11) is 0. The summed E-state index contributed by atoms with van der Waals surface area (Å²) >= 11 is 0. The average molecular weight is 563 g/mol. The minimum atomic E-state index is -0.491. The largest absolute Gasteiger partial charge is 0.321 e. The lowest BCUT2D eigenvalue weighted by atomic mass is 10.0. The second kappa shape index (κ2) is 13.7. The van der Waals surface area contributed by atoms with Gasteiger partial charge in [0.25, 0.3) is 11.8 Å². The molecule has 0 spiro atoms. The Hall–Kier alpha value is -5.81. The fraction of sp³-hybridized carbons (Fsp3) is 0.0263. The molecule has 0 aliphatic rings. The maximum Gasteiger partial charge on any atom is 0.272 e. The first-order valence-electron chi connectivity index (χ1n) is 13.9. The molecule has 2 amide bonds. The van der Waals surface area contributed by atoms with Gasteiger partial charge in [-0.15, -0.1) is 0 Å². The van der Waals surface area contributed by atoms with Gasteiger partial charge in [-0.25, -0.2) is 0 Å². The van der Waals surface area contributed by atoms with Crippen molar-refractivity contribution in [2.24, 2.45) is 0 Å². The van der Waals surface area contributed by atoms with Gasteiger partial charge in [0.15, 0.2) is 5.78 Å². The highest BCUT2D eigenvalue weighted by atomic mass is 16.2. The van der Waals surface area contributed by atoms with E-state index in [0.29, 0.717) is 16.8 Å². The van der Waals surface area contributed by atoms with E-state index in [-0.39, 0.29) is 11.5 Å². The molecule has 43 heavy (non-hydrogen) atoms. The molecule has 210 valence electrons. The van der Waals surface area contributed by atoms with E-state index in [1.165, 1.54) is 0 Å². The summed E-state index contributed by atoms with van der Waals surface area (Å²) < 4.78 is 0. The molecule has 0 saturated heterocycles. The van der Waals surface area contributed by atoms with Crippen molar-refractivity contribution in [1.29, 1.82) is 0 Å². The third-order valence-electron chi connectivity index (χ3n) is 6.89. The van der Waals surface area contributed by atoms with Gasteiger partial charge < -0.3 is 10.6 Å². The van der Waals surface area contributed by atoms with Gasteiger partial charge in [0.05, 0.1) is 0 Å². The van der Waals surface area contributed by atoms with Gasteiger partial charge in [0, 0.05) is 16.8 Å². The zero-order valence-corrected chi connectivity index (χ0v) is 23.7. The summed E-state index contributed by atoms with van der Waals surface area (Å²) in [4.78, 5) is 39.1. The van der Waals surface area contributed by atoms with Crippen LogP contribution in [0.15, 0.2) is 145 Å². The Labute approximate surface area is 251 Å². The maximum absolute atomic E-state index is 13.4. The molecule has 5 aromatic carbocycles. The molecular formula is C38H30N2O3. The van der Waals surface area contributed by atoms with E-state index in [0.717, 1.165) is 27.8 Å². The number of allylic oxidation sites excluding steroid dienone is 1. The third-order valence-corrected chi connectivity index (χ3v) is 6.89. The Morgan fingerprint density at radius 3 is 1.88 bits per heavy atom. The molecule has 5 aromatic rings. The third kappa shape index (κ3) is 7.69. The highest BCUT2D eigenvalue weighted by Gasteiger charge is 2.15. The molecule has 0 saturated carbocycles. The molecular weight excluding hydrogens is 532 g/mol. The highest BCUT2D eigenvalue weighted by molar-refractivity contribution is 6.11. The molecule has 5 rings (SSSR count). The van der Waals surface area contributed by atoms with Crippen LogP contribution in [0.5, 0.6) is 0 Å². The van der Waals surface area contributed by atoms with Crippen LogP contribution in [0.4, 0.5) is 5.69 Å². The summed E-state index contributed by atoms with van der Waals surface area (Å²) in [5.74, 6) is -1.03. The molecule has 0 bridgehead atoms. The van der Waals surface area contributed by atoms with Crippen molar-refractivity contribution < 1.29 is 14.4 Å². The van der Waals surface area contributed by atoms with Crippen LogP contribution in [0.3, 0.4) is 0 Å². The van der Waals surface area contributed by atoms with Crippen molar-refractivity contribution in [3.05, 3.63) is 173 Å². The summed E-state index contributed by atoms with van der Waals surface area (Å²) in [5, 5.41) is 5.60. The van der Waals surface area contributed by atoms with Gasteiger partial charge >= 0.3 is 0 Å². The number of rotatable bonds is 9. The van der Waals surface area contributed by atoms with Gasteiger partial charge in [-0.3, -0.25) is 14.4 Å². The van der Waals surface area contributed by atoms with E-state index in [9.17, 15) is 14.4 Å². The normalized spacial score (nSPS) is 11.2. The molecule has 0 unspecified atom stereocenters. The van der Waals surface area contributed by atoms with Gasteiger partial charge in [0.1, 0.15) is 5.70 Å². The summed E-state index contributed by atoms with van der Waals surface area (Å²) in [6, 6.07) is 40.9. The maximum atomic E-state index is 13.4. The number of nitrogens with one attached hydrogen (secondary N) is 2. The number of carbonyl (C=O) groups excluding carboxylic acids is 3. The van der Waals surface area contributed by atoms with E-state index in [2.05, 4.69) is 10.6 Å². The Bertz CT molecular complexity index is 1790. The number of hydrogen-bond donors (Lipinski definition) is 2. The Morgan fingerprint density at radius 1 is 0.605 bits per heavy atom. The van der Waals surface area contributed by atoms with Crippen LogP contribution in [0.2, 0.25) is 0 Å². The van der Waals surface area contributed by atoms with Crippen molar-refractivity contribution >= 4 is 35.4 Å². The Balaban J connectivity index is 1.33. The van der Waals surface area contributed by atoms with E-state index in [4.69, 9.17) is 0 Å². The first kappa shape index (κ1) is 28.7. The number of hydrogen-bond acceptors (Lipinski definition) is 3. The standard InChI is InChI=1S/C38H30N2O3/c1-27-10-8-9-11-29(27)22-25-36(41)32-20-23-34(24-21-32)39-38(43)35(40-37(42)33-14-6-3-7-15-33)26-28-16-18-31(19-17-28)30-12-4-2-5-13-30/h2-26H,1H3,(H,39,43)(H,40,42)/b25-22+,35-26-. The van der Waals surface area contributed by atoms with Gasteiger partial charge in [-0.05, 0) is 83.3 Å². The molecule has 5 nitrogen and oxygen atoms in total. The van der Waals surface area contributed by atoms with Crippen molar-refractivity contribution in [2.75, 3.05) is 5.32 Å². The van der Waals surface area contributed by atoms with Crippen molar-refractivity contribution in [3.8, 4) is 11.1 Å². The lowest BCUT2D eigenvalue weighted by molar-refractivity contribution is -0.113. The number of aryl methyl sites for hydroxylation is 1. The van der Waals surface area contributed by atoms with Crippen LogP contribution >= 0.6 is 0 Å². The van der Waals surface area contributed by atoms with E-state index >= 15 is 0 Å². The van der Waals surface area contributed by atoms with Crippen LogP contribution in [0.1, 0.15) is 37.4 Å². The van der Waals surface area contributed by atoms with Crippen LogP contribution in [0.25, 0.3) is 23.3 Å². The Morgan fingerprint density at radius 2 is 1.21 bits per heavy atom. The lowest BCUT2D eigenvalue weighted by Gasteiger charge is -2.12. The second-order valence-electron chi connectivity index (χ2n) is 9.95. The zero-order valence-electron chi connectivity index (χ0n) is 23.7. The van der Waals surface area contributed by atoms with Crippen LogP contribution in [-0.4, -0.2) is 17.6 Å². The molecule has 0 aliphatic carbocycles. The van der Waals surface area contributed by atoms with Crippen LogP contribution in [-0.2, 0) is 4.79 Å². The van der Waals surface area contributed by atoms with Gasteiger partial charge in [-0.2, -0.15) is 0 Å². The molecule has 0 heterocycles. The summed E-state index contributed by atoms with van der Waals surface area (Å²) in [6.45, 7) is 1.99. The molecule has 0 aliphatic heterocycles. The fourth-order valence-corrected chi connectivity index (χ4v) is 4.46. The lowest BCUT2D eigenvalue weighted by Crippen LogP contribution is -2.30. The smallest absolute Gasteiger partial charge is 0.272 e. The highest BCUT2D eigenvalue weighted by Crippen LogP contribution is 2.21. The van der Waals surface area contributed by atoms with Gasteiger partial charge in [0.2, 0.25) is 0 Å². The first-order chi connectivity index (χ1) is 21.0. The molecule has 0 atom stereocenters. The average Bonchev–Trinajstić information content (AvgIpc) is 3.05. The number of carbonyl (C=O) groups is 3. The molecule has 0 radical (unpaired) electrons. The first-order valence-corrected chi connectivity index (χ1v) is 13.9. The van der Waals surface area contributed by atoms with Crippen molar-refractivity contribution in [3.63, 3.8) is 0 Å². The Kier molecular flexibility index (Phi) is 9.15. The van der Waals surface area contributed by atoms with Crippen LogP contribution in [0, 0.1) is 6.92 Å². The van der Waals surface area contributed by atoms with Gasteiger partial charge in [-0.1, -0.05) is 103 Å². The van der Waals surface area contributed by atoms with E-state index < -0.39 is 11.8 Å². The molecule has 5 heteroatoms. The molecule has 0 aromatic heterocycles. The SMILES string of the molecule is Cc1ccccc1/C=C/C(=O)c1ccc(NC(=O)/C(=C/c2ccc(-c3ccccc3)cc2)NC(=O)c2ccccc2)cc1. The summed E-state index contributed by atoms with van der Waals surface area (Å²) in [6.07, 6.45) is 4.98. The second-order valence-corrected chi connectivity index (χ2v) is 9.95. The monoisotopic (exact) mass is 562 g/mol. The zero-order chi connectivity index (χ0) is 30.0. The molecule has 0 fully saturated rings. The van der Waals surface area contributed by atoms with Crippen molar-refractivity contribution in [1.82, 2.24) is 5.32 Å². The predicted octanol–water partition coefficient (Wildman–Crippen LogP) is 7.97. The van der Waals surface area contributed by atoms with E-state index in [1.807, 2.05) is 91.9 Å². The number of benzene rings is 5. The number of ketones is 1. The van der Waals surface area contributed by atoms with Crippen LogP contribution < -0.4 is 10.6 Å². The topological polar surface area (TPSA) is 75.3 Å². The fourth-order valence-electron chi connectivity index (χ4n) is 4.46.